The third-order valence-electron chi connectivity index (χ3n) is 3.16. The molecule has 1 aliphatic heterocycles. The number of fused-ring (bicyclic) bond motifs is 1. The number of ether oxygens (including phenoxy) is 1. The van der Waals surface area contributed by atoms with E-state index in [1.165, 1.54) is 5.56 Å². The van der Waals surface area contributed by atoms with Gasteiger partial charge in [-0.1, -0.05) is 41.4 Å². The third-order valence-corrected chi connectivity index (χ3v) is 3.77. The topological polar surface area (TPSA) is 33.6 Å². The molecule has 0 saturated heterocycles. The van der Waals surface area contributed by atoms with Crippen LogP contribution in [-0.4, -0.2) is 6.02 Å². The predicted octanol–water partition coefficient (Wildman–Crippen LogP) is 4.93. The average Bonchev–Trinajstić information content (AvgIpc) is 2.43. The zero-order chi connectivity index (χ0) is 14.1. The molecule has 0 bridgehead atoms. The minimum absolute atomic E-state index is 0.401. The van der Waals surface area contributed by atoms with Gasteiger partial charge < -0.3 is 10.1 Å². The van der Waals surface area contributed by atoms with Crippen molar-refractivity contribution >= 4 is 40.6 Å². The van der Waals surface area contributed by atoms with Gasteiger partial charge in [-0.25, -0.2) is 0 Å². The molecule has 5 heteroatoms. The zero-order valence-corrected chi connectivity index (χ0v) is 12.3. The number of para-hydroxylation sites is 1. The average molecular weight is 307 g/mol. The highest BCUT2D eigenvalue weighted by molar-refractivity contribution is 6.38. The van der Waals surface area contributed by atoms with Gasteiger partial charge in [0.25, 0.3) is 6.02 Å². The molecule has 0 amide bonds. The molecule has 0 atom stereocenters. The van der Waals surface area contributed by atoms with Crippen LogP contribution in [0.15, 0.2) is 41.4 Å². The van der Waals surface area contributed by atoms with E-state index in [2.05, 4.69) is 23.3 Å². The monoisotopic (exact) mass is 306 g/mol. The molecule has 1 aliphatic rings. The molecule has 0 radical (unpaired) electrons. The number of benzene rings is 2. The first-order chi connectivity index (χ1) is 9.65. The summed E-state index contributed by atoms with van der Waals surface area (Å²) in [6, 6.07) is 11.7. The molecule has 3 rings (SSSR count). The Morgan fingerprint density at radius 2 is 1.80 bits per heavy atom. The molecular weight excluding hydrogens is 295 g/mol. The summed E-state index contributed by atoms with van der Waals surface area (Å²) in [6.07, 6.45) is 0. The van der Waals surface area contributed by atoms with Crippen molar-refractivity contribution in [2.45, 2.75) is 13.5 Å². The maximum Gasteiger partial charge on any atom is 0.294 e. The van der Waals surface area contributed by atoms with Crippen molar-refractivity contribution in [3.8, 4) is 0 Å². The molecule has 0 saturated carbocycles. The fourth-order valence-corrected chi connectivity index (χ4v) is 2.54. The van der Waals surface area contributed by atoms with Gasteiger partial charge in [0, 0.05) is 11.3 Å². The number of halogens is 2. The van der Waals surface area contributed by atoms with Gasteiger partial charge in [0.2, 0.25) is 0 Å². The van der Waals surface area contributed by atoms with Gasteiger partial charge in [-0.15, -0.1) is 0 Å². The lowest BCUT2D eigenvalue weighted by molar-refractivity contribution is 0.285. The number of hydrogen-bond donors (Lipinski definition) is 1. The van der Waals surface area contributed by atoms with Crippen molar-refractivity contribution in [2.24, 2.45) is 4.99 Å². The Balaban J connectivity index is 1.96. The molecule has 1 heterocycles. The fourth-order valence-electron chi connectivity index (χ4n) is 2.06. The van der Waals surface area contributed by atoms with Gasteiger partial charge in [0.05, 0.1) is 10.0 Å². The summed E-state index contributed by atoms with van der Waals surface area (Å²) < 4.78 is 5.62. The Morgan fingerprint density at radius 3 is 2.55 bits per heavy atom. The van der Waals surface area contributed by atoms with E-state index in [0.717, 1.165) is 11.3 Å². The molecule has 102 valence electrons. The van der Waals surface area contributed by atoms with Gasteiger partial charge in [-0.3, -0.25) is 0 Å². The van der Waals surface area contributed by atoms with Crippen molar-refractivity contribution in [1.82, 2.24) is 0 Å². The van der Waals surface area contributed by atoms with E-state index in [4.69, 9.17) is 27.9 Å². The van der Waals surface area contributed by atoms with E-state index < -0.39 is 0 Å². The largest absolute Gasteiger partial charge is 0.460 e. The molecule has 3 nitrogen and oxygen atoms in total. The summed E-state index contributed by atoms with van der Waals surface area (Å²) in [4.78, 5) is 4.37. The van der Waals surface area contributed by atoms with Gasteiger partial charge in [-0.05, 0) is 30.7 Å². The molecule has 0 aromatic heterocycles. The number of nitrogens with one attached hydrogen (secondary N) is 1. The summed E-state index contributed by atoms with van der Waals surface area (Å²) >= 11 is 12.2. The minimum Gasteiger partial charge on any atom is -0.460 e. The first kappa shape index (κ1) is 13.3. The molecular formula is C15H12Cl2N2O. The highest BCUT2D eigenvalue weighted by Crippen LogP contribution is 2.34. The molecule has 0 unspecified atom stereocenters. The third kappa shape index (κ3) is 2.47. The maximum atomic E-state index is 6.10. The van der Waals surface area contributed by atoms with E-state index in [1.807, 2.05) is 12.1 Å². The fraction of sp³-hybridized carbons (Fsp3) is 0.133. The van der Waals surface area contributed by atoms with Crippen molar-refractivity contribution in [3.63, 3.8) is 0 Å². The lowest BCUT2D eigenvalue weighted by atomic mass is 10.1. The van der Waals surface area contributed by atoms with Crippen LogP contribution in [0, 0.1) is 6.92 Å². The second-order valence-electron chi connectivity index (χ2n) is 4.50. The Morgan fingerprint density at radius 1 is 1.10 bits per heavy atom. The maximum absolute atomic E-state index is 6.10. The molecule has 2 aromatic carbocycles. The van der Waals surface area contributed by atoms with Crippen LogP contribution in [0.1, 0.15) is 11.1 Å². The lowest BCUT2D eigenvalue weighted by Crippen LogP contribution is -2.22. The van der Waals surface area contributed by atoms with Crippen molar-refractivity contribution in [1.29, 1.82) is 0 Å². The quantitative estimate of drug-likeness (QED) is 0.810. The van der Waals surface area contributed by atoms with Crippen LogP contribution in [0.4, 0.5) is 11.4 Å². The van der Waals surface area contributed by atoms with Crippen LogP contribution < -0.4 is 5.32 Å². The molecule has 2 aromatic rings. The summed E-state index contributed by atoms with van der Waals surface area (Å²) in [5, 5.41) is 4.13. The van der Waals surface area contributed by atoms with Gasteiger partial charge in [-0.2, -0.15) is 4.99 Å². The smallest absolute Gasteiger partial charge is 0.294 e. The first-order valence-corrected chi connectivity index (χ1v) is 6.92. The highest BCUT2D eigenvalue weighted by Gasteiger charge is 2.17. The summed E-state index contributed by atoms with van der Waals surface area (Å²) in [5.74, 6) is 0. The van der Waals surface area contributed by atoms with E-state index >= 15 is 0 Å². The number of amidine groups is 1. The zero-order valence-electron chi connectivity index (χ0n) is 10.8. The lowest BCUT2D eigenvalue weighted by Gasteiger charge is -2.22. The Kier molecular flexibility index (Phi) is 3.55. The van der Waals surface area contributed by atoms with Crippen LogP contribution in [0.25, 0.3) is 0 Å². The number of hydrogen-bond acceptors (Lipinski definition) is 2. The van der Waals surface area contributed by atoms with Crippen molar-refractivity contribution in [3.05, 3.63) is 57.6 Å². The van der Waals surface area contributed by atoms with Crippen LogP contribution in [0.5, 0.6) is 0 Å². The van der Waals surface area contributed by atoms with Crippen LogP contribution in [0.2, 0.25) is 10.0 Å². The second kappa shape index (κ2) is 5.35. The first-order valence-electron chi connectivity index (χ1n) is 6.16. The van der Waals surface area contributed by atoms with Crippen LogP contribution >= 0.6 is 23.2 Å². The summed E-state index contributed by atoms with van der Waals surface area (Å²) in [6.45, 7) is 2.53. The van der Waals surface area contributed by atoms with Crippen LogP contribution in [-0.2, 0) is 11.3 Å². The SMILES string of the molecule is Cc1cccc2c1COC(=Nc1c(Cl)cccc1Cl)N2. The van der Waals surface area contributed by atoms with Gasteiger partial charge >= 0.3 is 0 Å². The number of nitrogens with zero attached hydrogens (tertiary/aromatic N) is 1. The molecule has 0 spiro atoms. The molecule has 0 fully saturated rings. The standard InChI is InChI=1S/C15H12Cl2N2O/c1-9-4-2-7-13-10(9)8-20-15(18-13)19-14-11(16)5-3-6-12(14)17/h2-7H,8H2,1H3,(H,18,19). The molecule has 0 aliphatic carbocycles. The minimum atomic E-state index is 0.401. The molecule has 20 heavy (non-hydrogen) atoms. The Labute approximate surface area is 127 Å². The van der Waals surface area contributed by atoms with E-state index in [0.29, 0.717) is 28.4 Å². The van der Waals surface area contributed by atoms with Crippen molar-refractivity contribution < 1.29 is 4.74 Å². The molecule has 1 N–H and O–H groups in total. The van der Waals surface area contributed by atoms with E-state index in [1.54, 1.807) is 18.2 Å². The number of aryl methyl sites for hydroxylation is 1. The number of rotatable bonds is 1. The van der Waals surface area contributed by atoms with Crippen LogP contribution in [0.3, 0.4) is 0 Å². The number of aliphatic imine (C=N–C) groups is 1. The normalized spacial score (nSPS) is 15.4. The predicted molar refractivity (Wildman–Crippen MR) is 83.1 cm³/mol. The Bertz CT molecular complexity index is 678. The van der Waals surface area contributed by atoms with E-state index in [9.17, 15) is 0 Å². The van der Waals surface area contributed by atoms with E-state index in [-0.39, 0.29) is 0 Å². The van der Waals surface area contributed by atoms with Gasteiger partial charge in [0.1, 0.15) is 12.3 Å². The van der Waals surface area contributed by atoms with Gasteiger partial charge in [0.15, 0.2) is 0 Å². The Hall–Kier alpha value is -1.71. The summed E-state index contributed by atoms with van der Waals surface area (Å²) in [7, 11) is 0. The highest BCUT2D eigenvalue weighted by atomic mass is 35.5. The van der Waals surface area contributed by atoms with Crippen molar-refractivity contribution in [2.75, 3.05) is 5.32 Å². The second-order valence-corrected chi connectivity index (χ2v) is 5.32. The summed E-state index contributed by atoms with van der Waals surface area (Å²) in [5.41, 5.74) is 3.83. The number of anilines is 1.